The molecule has 1 aliphatic heterocycles. The second-order valence-electron chi connectivity index (χ2n) is 12.0. The summed E-state index contributed by atoms with van der Waals surface area (Å²) in [6.45, 7) is 4.94. The number of hydrogen-bond acceptors (Lipinski definition) is 7. The summed E-state index contributed by atoms with van der Waals surface area (Å²) in [5.74, 6) is -2.12. The van der Waals surface area contributed by atoms with Gasteiger partial charge in [0, 0.05) is 67.5 Å². The minimum absolute atomic E-state index is 0.0197. The molecule has 2 atom stereocenters. The highest BCUT2D eigenvalue weighted by molar-refractivity contribution is 7.12. The molecule has 242 valence electrons. The minimum atomic E-state index is -4.96. The SMILES string of the molecule is CC1CN(c2cc(F)c(-c3csc(C(=O)NC4CCCCC4)n3)cc2NC(=O)c2cn(C)c(=O)cc2C(F)(F)F)CC(C)N1C. The van der Waals surface area contributed by atoms with E-state index in [1.54, 1.807) is 0 Å². The van der Waals surface area contributed by atoms with Gasteiger partial charge < -0.3 is 20.1 Å². The number of nitrogens with zero attached hydrogens (tertiary/aromatic N) is 4. The number of alkyl halides is 3. The number of thiazole rings is 1. The summed E-state index contributed by atoms with van der Waals surface area (Å²) in [5.41, 5.74) is -2.54. The molecule has 5 rings (SSSR count). The van der Waals surface area contributed by atoms with Crippen LogP contribution in [0.1, 0.15) is 71.7 Å². The van der Waals surface area contributed by atoms with E-state index in [1.807, 2.05) is 25.8 Å². The maximum atomic E-state index is 15.8. The van der Waals surface area contributed by atoms with Crippen LogP contribution in [0, 0.1) is 5.82 Å². The van der Waals surface area contributed by atoms with E-state index >= 15 is 4.39 Å². The zero-order chi connectivity index (χ0) is 32.6. The van der Waals surface area contributed by atoms with Gasteiger partial charge in [-0.25, -0.2) is 9.37 Å². The molecule has 2 N–H and O–H groups in total. The number of nitrogens with one attached hydrogen (secondary N) is 2. The zero-order valence-electron chi connectivity index (χ0n) is 25.5. The van der Waals surface area contributed by atoms with Gasteiger partial charge in [0.25, 0.3) is 17.4 Å². The summed E-state index contributed by atoms with van der Waals surface area (Å²) in [4.78, 5) is 46.8. The number of aromatic nitrogens is 2. The average molecular weight is 649 g/mol. The molecule has 2 unspecified atom stereocenters. The van der Waals surface area contributed by atoms with Crippen LogP contribution in [0.4, 0.5) is 28.9 Å². The largest absolute Gasteiger partial charge is 0.417 e. The molecule has 9 nitrogen and oxygen atoms in total. The van der Waals surface area contributed by atoms with E-state index in [4.69, 9.17) is 0 Å². The number of rotatable bonds is 6. The Morgan fingerprint density at radius 2 is 1.67 bits per heavy atom. The molecule has 3 heterocycles. The number of benzene rings is 1. The lowest BCUT2D eigenvalue weighted by Crippen LogP contribution is -2.55. The second kappa shape index (κ2) is 12.9. The van der Waals surface area contributed by atoms with Crippen LogP contribution in [0.2, 0.25) is 0 Å². The maximum Gasteiger partial charge on any atom is 0.417 e. The van der Waals surface area contributed by atoms with Crippen molar-refractivity contribution in [1.29, 1.82) is 0 Å². The van der Waals surface area contributed by atoms with Crippen molar-refractivity contribution >= 4 is 34.5 Å². The molecule has 45 heavy (non-hydrogen) atoms. The van der Waals surface area contributed by atoms with Crippen LogP contribution in [0.3, 0.4) is 0 Å². The number of hydrogen-bond donors (Lipinski definition) is 2. The highest BCUT2D eigenvalue weighted by atomic mass is 32.1. The minimum Gasteiger partial charge on any atom is -0.367 e. The predicted molar refractivity (Wildman–Crippen MR) is 165 cm³/mol. The zero-order valence-corrected chi connectivity index (χ0v) is 26.3. The Bertz CT molecular complexity index is 1640. The number of pyridine rings is 1. The van der Waals surface area contributed by atoms with Gasteiger partial charge >= 0.3 is 6.18 Å². The molecular weight excluding hydrogens is 612 g/mol. The van der Waals surface area contributed by atoms with E-state index < -0.39 is 34.6 Å². The molecule has 1 aliphatic carbocycles. The van der Waals surface area contributed by atoms with Crippen LogP contribution >= 0.6 is 11.3 Å². The van der Waals surface area contributed by atoms with E-state index in [2.05, 4.69) is 20.5 Å². The molecule has 0 spiro atoms. The molecule has 14 heteroatoms. The summed E-state index contributed by atoms with van der Waals surface area (Å²) < 4.78 is 58.3. The summed E-state index contributed by atoms with van der Waals surface area (Å²) in [6.07, 6.45) is 0.852. The molecule has 1 aromatic carbocycles. The van der Waals surface area contributed by atoms with Crippen molar-refractivity contribution in [3.8, 4) is 11.3 Å². The molecule has 2 aromatic heterocycles. The van der Waals surface area contributed by atoms with Gasteiger partial charge in [-0.1, -0.05) is 19.3 Å². The lowest BCUT2D eigenvalue weighted by atomic mass is 9.95. The van der Waals surface area contributed by atoms with E-state index in [1.165, 1.54) is 24.6 Å². The van der Waals surface area contributed by atoms with E-state index in [9.17, 15) is 27.6 Å². The van der Waals surface area contributed by atoms with Crippen LogP contribution in [-0.4, -0.2) is 64.5 Å². The smallest absolute Gasteiger partial charge is 0.367 e. The van der Waals surface area contributed by atoms with Crippen molar-refractivity contribution in [1.82, 2.24) is 19.8 Å². The fraction of sp³-hybridized carbons (Fsp3) is 0.484. The highest BCUT2D eigenvalue weighted by Gasteiger charge is 2.37. The molecule has 2 aliphatic rings. The third kappa shape index (κ3) is 7.06. The van der Waals surface area contributed by atoms with Gasteiger partial charge in [0.2, 0.25) is 0 Å². The Hall–Kier alpha value is -3.78. The molecule has 0 bridgehead atoms. The Labute approximate surface area is 262 Å². The Morgan fingerprint density at radius 1 is 1.00 bits per heavy atom. The third-order valence-corrected chi connectivity index (χ3v) is 9.57. The van der Waals surface area contributed by atoms with Crippen LogP contribution in [0.5, 0.6) is 0 Å². The summed E-state index contributed by atoms with van der Waals surface area (Å²) >= 11 is 1.06. The van der Waals surface area contributed by atoms with E-state index in [0.29, 0.717) is 24.8 Å². The van der Waals surface area contributed by atoms with Gasteiger partial charge in [-0.3, -0.25) is 19.3 Å². The fourth-order valence-corrected chi connectivity index (χ4v) is 6.67. The van der Waals surface area contributed by atoms with Crippen molar-refractivity contribution in [2.75, 3.05) is 30.4 Å². The number of aryl methyl sites for hydroxylation is 1. The van der Waals surface area contributed by atoms with Crippen LogP contribution in [0.15, 0.2) is 34.6 Å². The Kier molecular flexibility index (Phi) is 9.36. The summed E-state index contributed by atoms with van der Waals surface area (Å²) in [6, 6.07) is 3.13. The standard InChI is InChI=1S/C31H36F4N6O3S/c1-17-13-41(14-18(2)40(17)4)26-12-23(32)20(25-16-45-30(38-25)29(44)36-19-8-6-5-7-9-19)10-24(26)37-28(43)21-15-39(3)27(42)11-22(21)31(33,34)35/h10-12,15-19H,5-9,13-14H2,1-4H3,(H,36,44)(H,37,43). The van der Waals surface area contributed by atoms with Crippen molar-refractivity contribution in [2.45, 2.75) is 70.3 Å². The van der Waals surface area contributed by atoms with Gasteiger partial charge in [-0.2, -0.15) is 13.2 Å². The van der Waals surface area contributed by atoms with Gasteiger partial charge in [0.15, 0.2) is 5.01 Å². The van der Waals surface area contributed by atoms with E-state index in [0.717, 1.165) is 54.2 Å². The third-order valence-electron chi connectivity index (χ3n) is 8.73. The fourth-order valence-electron chi connectivity index (χ4n) is 5.95. The Morgan fingerprint density at radius 3 is 2.31 bits per heavy atom. The van der Waals surface area contributed by atoms with Crippen LogP contribution in [-0.2, 0) is 13.2 Å². The molecular formula is C31H36F4N6O3S. The number of piperazine rings is 1. The predicted octanol–water partition coefficient (Wildman–Crippen LogP) is 5.51. The number of carbonyl (C=O) groups excluding carboxylic acids is 2. The first-order valence-electron chi connectivity index (χ1n) is 14.9. The van der Waals surface area contributed by atoms with Crippen LogP contribution < -0.4 is 21.1 Å². The molecule has 3 aromatic rings. The first-order chi connectivity index (χ1) is 21.2. The lowest BCUT2D eigenvalue weighted by Gasteiger charge is -2.44. The maximum absolute atomic E-state index is 15.8. The van der Waals surface area contributed by atoms with Crippen molar-refractivity contribution in [3.63, 3.8) is 0 Å². The molecule has 1 saturated carbocycles. The topological polar surface area (TPSA) is 99.6 Å². The molecule has 2 amide bonds. The molecule has 2 fully saturated rings. The quantitative estimate of drug-likeness (QED) is 0.342. The van der Waals surface area contributed by atoms with Crippen molar-refractivity contribution < 1.29 is 27.2 Å². The van der Waals surface area contributed by atoms with Crippen molar-refractivity contribution in [3.05, 3.63) is 62.1 Å². The number of likely N-dealkylation sites (N-methyl/N-ethyl adjacent to an activating group) is 1. The first kappa shape index (κ1) is 32.6. The van der Waals surface area contributed by atoms with Gasteiger partial charge in [0.05, 0.1) is 28.2 Å². The number of carbonyl (C=O) groups is 2. The number of amides is 2. The monoisotopic (exact) mass is 648 g/mol. The second-order valence-corrected chi connectivity index (χ2v) is 12.8. The van der Waals surface area contributed by atoms with E-state index in [-0.39, 0.29) is 46.0 Å². The average Bonchev–Trinajstić information content (AvgIpc) is 3.48. The summed E-state index contributed by atoms with van der Waals surface area (Å²) in [5, 5.41) is 7.25. The summed E-state index contributed by atoms with van der Waals surface area (Å²) in [7, 11) is 3.22. The van der Waals surface area contributed by atoms with Gasteiger partial charge in [0.1, 0.15) is 5.82 Å². The number of anilines is 2. The molecule has 1 saturated heterocycles. The van der Waals surface area contributed by atoms with Crippen molar-refractivity contribution in [2.24, 2.45) is 7.05 Å². The van der Waals surface area contributed by atoms with Gasteiger partial charge in [-0.05, 0) is 39.8 Å². The highest BCUT2D eigenvalue weighted by Crippen LogP contribution is 2.37. The first-order valence-corrected chi connectivity index (χ1v) is 15.8. The van der Waals surface area contributed by atoms with Crippen LogP contribution in [0.25, 0.3) is 11.3 Å². The normalized spacial score (nSPS) is 19.9. The molecule has 0 radical (unpaired) electrons. The number of halogens is 4. The van der Waals surface area contributed by atoms with Gasteiger partial charge in [-0.15, -0.1) is 11.3 Å². The lowest BCUT2D eigenvalue weighted by molar-refractivity contribution is -0.138. The Balaban J connectivity index is 1.53.